The number of hydrogen-bond donors (Lipinski definition) is 1. The van der Waals surface area contributed by atoms with Crippen LogP contribution in [0, 0.1) is 12.8 Å². The molecule has 0 spiro atoms. The third kappa shape index (κ3) is 8.84. The maximum atomic E-state index is 12.6. The first-order valence-electron chi connectivity index (χ1n) is 10.3. The Morgan fingerprint density at radius 1 is 1.09 bits per heavy atom. The van der Waals surface area contributed by atoms with Gasteiger partial charge in [0.1, 0.15) is 23.0 Å². The monoisotopic (exact) mass is 444 g/mol. The van der Waals surface area contributed by atoms with Gasteiger partial charge in [-0.05, 0) is 54.5 Å². The highest BCUT2D eigenvalue weighted by molar-refractivity contribution is 6.14. The Labute approximate surface area is 192 Å². The van der Waals surface area contributed by atoms with Gasteiger partial charge in [0.25, 0.3) is 11.8 Å². The predicted octanol–water partition coefficient (Wildman–Crippen LogP) is 3.64. The van der Waals surface area contributed by atoms with Crippen LogP contribution < -0.4 is 5.32 Å². The molecule has 0 radical (unpaired) electrons. The molecular formula is C25H36N2O5. The fourth-order valence-electron chi connectivity index (χ4n) is 3.41. The van der Waals surface area contributed by atoms with Crippen LogP contribution in [0.5, 0.6) is 0 Å². The second-order valence-electron chi connectivity index (χ2n) is 8.63. The molecule has 1 aliphatic rings. The molecule has 0 saturated carbocycles. The third-order valence-electron chi connectivity index (χ3n) is 4.46. The summed E-state index contributed by atoms with van der Waals surface area (Å²) in [5, 5.41) is 3.19. The molecule has 1 heterocycles. The van der Waals surface area contributed by atoms with Crippen LogP contribution in [0.2, 0.25) is 0 Å². The summed E-state index contributed by atoms with van der Waals surface area (Å²) in [6.45, 7) is 20.5. The Morgan fingerprint density at radius 3 is 2.03 bits per heavy atom. The van der Waals surface area contributed by atoms with Gasteiger partial charge in [-0.15, -0.1) is 12.8 Å². The molecule has 0 bridgehead atoms. The Morgan fingerprint density at radius 2 is 1.56 bits per heavy atom. The Balaban J connectivity index is 0.00000466. The average molecular weight is 445 g/mol. The van der Waals surface area contributed by atoms with Crippen molar-refractivity contribution in [1.29, 1.82) is 0 Å². The van der Waals surface area contributed by atoms with Crippen molar-refractivity contribution in [3.05, 3.63) is 48.9 Å². The van der Waals surface area contributed by atoms with Gasteiger partial charge < -0.3 is 14.8 Å². The summed E-state index contributed by atoms with van der Waals surface area (Å²) in [7, 11) is 0. The number of amides is 2. The van der Waals surface area contributed by atoms with Crippen molar-refractivity contribution >= 4 is 17.8 Å². The zero-order chi connectivity index (χ0) is 25.3. The molecule has 0 aromatic heterocycles. The molecule has 176 valence electrons. The summed E-state index contributed by atoms with van der Waals surface area (Å²) in [5.74, 6) is -1.18. The van der Waals surface area contributed by atoms with E-state index in [2.05, 4.69) is 31.3 Å². The second-order valence-corrected chi connectivity index (χ2v) is 8.63. The molecule has 32 heavy (non-hydrogen) atoms. The van der Waals surface area contributed by atoms with E-state index in [-0.39, 0.29) is 6.04 Å². The standard InChI is InChI=1S/C23H34N2O5.C2H2/c1-10-11-15(2)24-16(3)18(5)29-22(6,7)14-23(8,9)30-21(28)17(4)25-19(26)12-13-20(25)27;1-2/h10-13,16-17,24H,2,5,14H2,1,3-4,6-9H3;1-2H/b11-10-;. The summed E-state index contributed by atoms with van der Waals surface area (Å²) in [6, 6.07) is -1.18. The average Bonchev–Trinajstić information content (AvgIpc) is 2.99. The van der Waals surface area contributed by atoms with Crippen LogP contribution in [0.1, 0.15) is 54.9 Å². The van der Waals surface area contributed by atoms with E-state index >= 15 is 0 Å². The van der Waals surface area contributed by atoms with Crippen LogP contribution >= 0.6 is 0 Å². The van der Waals surface area contributed by atoms with Crippen molar-refractivity contribution in [2.75, 3.05) is 0 Å². The van der Waals surface area contributed by atoms with Gasteiger partial charge in [0.15, 0.2) is 0 Å². The predicted molar refractivity (Wildman–Crippen MR) is 126 cm³/mol. The Hall–Kier alpha value is -3.27. The molecule has 1 aliphatic heterocycles. The second kappa shape index (κ2) is 11.9. The molecule has 2 amide bonds. The van der Waals surface area contributed by atoms with Gasteiger partial charge in [0.2, 0.25) is 0 Å². The number of nitrogens with one attached hydrogen (secondary N) is 1. The van der Waals surface area contributed by atoms with Gasteiger partial charge in [-0.25, -0.2) is 4.79 Å². The van der Waals surface area contributed by atoms with E-state index < -0.39 is 35.0 Å². The topological polar surface area (TPSA) is 84.9 Å². The van der Waals surface area contributed by atoms with E-state index in [1.807, 2.05) is 39.8 Å². The van der Waals surface area contributed by atoms with Crippen molar-refractivity contribution in [2.45, 2.75) is 78.2 Å². The quantitative estimate of drug-likeness (QED) is 0.172. The lowest BCUT2D eigenvalue weighted by Gasteiger charge is -2.37. The molecular weight excluding hydrogens is 408 g/mol. The van der Waals surface area contributed by atoms with Crippen LogP contribution in [0.4, 0.5) is 0 Å². The van der Waals surface area contributed by atoms with Crippen LogP contribution in [-0.4, -0.2) is 46.0 Å². The molecule has 1 N–H and O–H groups in total. The SMILES string of the molecule is C#C.C=C(/C=C\C)NC(C)C(=C)OC(C)(C)CC(C)(C)OC(=O)C(C)N1C(=O)C=CC1=O. The number of imide groups is 1. The van der Waals surface area contributed by atoms with Gasteiger partial charge in [0.05, 0.1) is 6.04 Å². The van der Waals surface area contributed by atoms with Gasteiger partial charge in [0, 0.05) is 24.3 Å². The minimum Gasteiger partial charge on any atom is -0.490 e. The summed E-state index contributed by atoms with van der Waals surface area (Å²) in [5.41, 5.74) is -0.848. The van der Waals surface area contributed by atoms with Crippen molar-refractivity contribution in [3.63, 3.8) is 0 Å². The van der Waals surface area contributed by atoms with E-state index in [0.717, 1.165) is 22.7 Å². The fraction of sp³-hybridized carbons (Fsp3) is 0.480. The van der Waals surface area contributed by atoms with E-state index in [9.17, 15) is 14.4 Å². The molecule has 0 aromatic rings. The van der Waals surface area contributed by atoms with Crippen LogP contribution in [0.25, 0.3) is 0 Å². The normalized spacial score (nSPS) is 15.6. The summed E-state index contributed by atoms with van der Waals surface area (Å²) < 4.78 is 11.7. The highest BCUT2D eigenvalue weighted by Gasteiger charge is 2.39. The van der Waals surface area contributed by atoms with Crippen molar-refractivity contribution in [3.8, 4) is 12.8 Å². The number of ether oxygens (including phenoxy) is 2. The lowest BCUT2D eigenvalue weighted by Crippen LogP contribution is -2.47. The first kappa shape index (κ1) is 28.7. The minimum absolute atomic E-state index is 0.168. The smallest absolute Gasteiger partial charge is 0.329 e. The first-order chi connectivity index (χ1) is 14.7. The molecule has 2 atom stereocenters. The largest absolute Gasteiger partial charge is 0.490 e. The first-order valence-corrected chi connectivity index (χ1v) is 10.3. The van der Waals surface area contributed by atoms with E-state index in [1.54, 1.807) is 13.8 Å². The molecule has 0 fully saturated rings. The number of carbonyl (C=O) groups is 3. The number of rotatable bonds is 11. The van der Waals surface area contributed by atoms with Crippen LogP contribution in [0.15, 0.2) is 48.9 Å². The third-order valence-corrected chi connectivity index (χ3v) is 4.46. The van der Waals surface area contributed by atoms with Crippen molar-refractivity contribution < 1.29 is 23.9 Å². The highest BCUT2D eigenvalue weighted by Crippen LogP contribution is 2.29. The maximum absolute atomic E-state index is 12.6. The minimum atomic E-state index is -1.01. The lowest BCUT2D eigenvalue weighted by molar-refractivity contribution is -0.171. The van der Waals surface area contributed by atoms with Crippen molar-refractivity contribution in [2.24, 2.45) is 0 Å². The summed E-state index contributed by atoms with van der Waals surface area (Å²) in [6.07, 6.45) is 14.4. The van der Waals surface area contributed by atoms with Crippen LogP contribution in [-0.2, 0) is 23.9 Å². The number of hydrogen-bond acceptors (Lipinski definition) is 6. The zero-order valence-electron chi connectivity index (χ0n) is 20.2. The molecule has 0 aliphatic carbocycles. The Kier molecular flexibility index (Phi) is 10.7. The molecule has 1 rings (SSSR count). The number of terminal acetylenes is 1. The van der Waals surface area contributed by atoms with Crippen LogP contribution in [0.3, 0.4) is 0 Å². The number of esters is 1. The van der Waals surface area contributed by atoms with E-state index in [4.69, 9.17) is 9.47 Å². The zero-order valence-corrected chi connectivity index (χ0v) is 20.2. The summed E-state index contributed by atoms with van der Waals surface area (Å²) >= 11 is 0. The maximum Gasteiger partial charge on any atom is 0.329 e. The van der Waals surface area contributed by atoms with E-state index in [0.29, 0.717) is 12.2 Å². The Bertz CT molecular complexity index is 799. The molecule has 7 nitrogen and oxygen atoms in total. The molecule has 7 heteroatoms. The molecule has 0 aromatic carbocycles. The van der Waals surface area contributed by atoms with E-state index in [1.165, 1.54) is 6.92 Å². The van der Waals surface area contributed by atoms with Gasteiger partial charge in [-0.1, -0.05) is 19.2 Å². The van der Waals surface area contributed by atoms with Gasteiger partial charge in [-0.3, -0.25) is 14.5 Å². The number of carbonyl (C=O) groups excluding carboxylic acids is 3. The summed E-state index contributed by atoms with van der Waals surface area (Å²) in [4.78, 5) is 37.0. The number of allylic oxidation sites excluding steroid dienone is 2. The molecule has 2 unspecified atom stereocenters. The van der Waals surface area contributed by atoms with Gasteiger partial charge >= 0.3 is 5.97 Å². The highest BCUT2D eigenvalue weighted by atomic mass is 16.6. The van der Waals surface area contributed by atoms with Crippen molar-refractivity contribution in [1.82, 2.24) is 10.2 Å². The fourth-order valence-corrected chi connectivity index (χ4v) is 3.41. The molecule has 0 saturated heterocycles. The number of nitrogens with zero attached hydrogens (tertiary/aromatic N) is 1. The lowest BCUT2D eigenvalue weighted by atomic mass is 9.91. The van der Waals surface area contributed by atoms with Gasteiger partial charge in [-0.2, -0.15) is 0 Å².